The number of hydrogen-bond acceptors (Lipinski definition) is 8. The summed E-state index contributed by atoms with van der Waals surface area (Å²) < 4.78 is 0. The Bertz CT molecular complexity index is 1110. The molecule has 10 nitrogen and oxygen atoms in total. The van der Waals surface area contributed by atoms with Gasteiger partial charge in [-0.2, -0.15) is 10.2 Å². The standard InChI is InChI=1S/C22H18N4O6/c27-17-7-5-15(9-19(17)29)21(31)25-23-11-13-1-2-14(4-3-13)12-24-26-22(32)16-6-8-18(28)20(30)10-16/h1-12,27-30H,(H,25,31)(H,26,32)/b23-11-,24-12+. The molecule has 3 rings (SSSR count). The van der Waals surface area contributed by atoms with Gasteiger partial charge in [-0.25, -0.2) is 10.9 Å². The van der Waals surface area contributed by atoms with Crippen LogP contribution in [0.2, 0.25) is 0 Å². The van der Waals surface area contributed by atoms with Gasteiger partial charge in [0.25, 0.3) is 11.8 Å². The van der Waals surface area contributed by atoms with Crippen molar-refractivity contribution in [2.75, 3.05) is 0 Å². The molecular weight excluding hydrogens is 416 g/mol. The zero-order chi connectivity index (χ0) is 23.1. The van der Waals surface area contributed by atoms with Crippen molar-refractivity contribution in [3.8, 4) is 23.0 Å². The maximum Gasteiger partial charge on any atom is 0.271 e. The maximum atomic E-state index is 12.0. The molecule has 0 aliphatic carbocycles. The predicted octanol–water partition coefficient (Wildman–Crippen LogP) is 2.04. The smallest absolute Gasteiger partial charge is 0.271 e. The maximum absolute atomic E-state index is 12.0. The summed E-state index contributed by atoms with van der Waals surface area (Å²) in [5.41, 5.74) is 6.24. The van der Waals surface area contributed by atoms with Gasteiger partial charge in [-0.15, -0.1) is 0 Å². The number of nitrogens with one attached hydrogen (secondary N) is 2. The van der Waals surface area contributed by atoms with Gasteiger partial charge >= 0.3 is 0 Å². The molecule has 0 aliphatic heterocycles. The molecule has 3 aromatic carbocycles. The summed E-state index contributed by atoms with van der Waals surface area (Å²) in [7, 11) is 0. The third-order valence-electron chi connectivity index (χ3n) is 4.17. The highest BCUT2D eigenvalue weighted by atomic mass is 16.3. The van der Waals surface area contributed by atoms with Crippen LogP contribution in [0.1, 0.15) is 31.8 Å². The average molecular weight is 434 g/mol. The van der Waals surface area contributed by atoms with E-state index in [4.69, 9.17) is 0 Å². The molecule has 6 N–H and O–H groups in total. The Morgan fingerprint density at radius 3 is 1.31 bits per heavy atom. The fraction of sp³-hybridized carbons (Fsp3) is 0. The van der Waals surface area contributed by atoms with E-state index in [0.717, 1.165) is 12.1 Å². The lowest BCUT2D eigenvalue weighted by molar-refractivity contribution is 0.0946. The minimum atomic E-state index is -0.557. The quantitative estimate of drug-likeness (QED) is 0.197. The molecule has 0 aromatic heterocycles. The monoisotopic (exact) mass is 434 g/mol. The summed E-state index contributed by atoms with van der Waals surface area (Å²) in [5, 5.41) is 45.1. The summed E-state index contributed by atoms with van der Waals surface area (Å²) in [4.78, 5) is 23.9. The minimum absolute atomic E-state index is 0.133. The molecule has 162 valence electrons. The average Bonchev–Trinajstić information content (AvgIpc) is 2.78. The molecule has 0 atom stereocenters. The summed E-state index contributed by atoms with van der Waals surface area (Å²) in [6.45, 7) is 0. The third-order valence-corrected chi connectivity index (χ3v) is 4.17. The molecule has 0 radical (unpaired) electrons. The summed E-state index contributed by atoms with van der Waals surface area (Å²) >= 11 is 0. The lowest BCUT2D eigenvalue weighted by Crippen LogP contribution is -2.17. The topological polar surface area (TPSA) is 164 Å². The Kier molecular flexibility index (Phi) is 6.66. The predicted molar refractivity (Wildman–Crippen MR) is 116 cm³/mol. The van der Waals surface area contributed by atoms with E-state index in [0.29, 0.717) is 11.1 Å². The van der Waals surface area contributed by atoms with E-state index in [1.54, 1.807) is 24.3 Å². The van der Waals surface area contributed by atoms with Gasteiger partial charge < -0.3 is 20.4 Å². The van der Waals surface area contributed by atoms with Gasteiger partial charge in [0.05, 0.1) is 12.4 Å². The Balaban J connectivity index is 1.52. The Labute approximate surface area is 181 Å². The molecule has 0 fully saturated rings. The first-order valence-electron chi connectivity index (χ1n) is 9.14. The molecule has 0 heterocycles. The summed E-state index contributed by atoms with van der Waals surface area (Å²) in [6, 6.07) is 14.2. The summed E-state index contributed by atoms with van der Waals surface area (Å²) in [6.07, 6.45) is 2.83. The van der Waals surface area contributed by atoms with E-state index in [2.05, 4.69) is 21.1 Å². The van der Waals surface area contributed by atoms with Gasteiger partial charge in [0.2, 0.25) is 0 Å². The van der Waals surface area contributed by atoms with Crippen molar-refractivity contribution in [1.29, 1.82) is 0 Å². The lowest BCUT2D eigenvalue weighted by Gasteiger charge is -2.02. The van der Waals surface area contributed by atoms with E-state index in [-0.39, 0.29) is 22.6 Å². The second-order valence-electron chi connectivity index (χ2n) is 6.47. The number of hydrazone groups is 2. The second kappa shape index (κ2) is 9.76. The van der Waals surface area contributed by atoms with Gasteiger partial charge in [-0.1, -0.05) is 24.3 Å². The lowest BCUT2D eigenvalue weighted by atomic mass is 10.2. The minimum Gasteiger partial charge on any atom is -0.504 e. The molecule has 3 aromatic rings. The second-order valence-corrected chi connectivity index (χ2v) is 6.47. The van der Waals surface area contributed by atoms with E-state index in [1.807, 2.05) is 0 Å². The van der Waals surface area contributed by atoms with E-state index in [9.17, 15) is 30.0 Å². The van der Waals surface area contributed by atoms with Crippen LogP contribution in [0.15, 0.2) is 70.9 Å². The fourth-order valence-corrected chi connectivity index (χ4v) is 2.46. The van der Waals surface area contributed by atoms with E-state index >= 15 is 0 Å². The Hall–Kier alpha value is -4.86. The van der Waals surface area contributed by atoms with Crippen LogP contribution in [-0.4, -0.2) is 44.7 Å². The van der Waals surface area contributed by atoms with Crippen molar-refractivity contribution in [3.05, 3.63) is 82.9 Å². The number of phenolic OH excluding ortho intramolecular Hbond substituents is 4. The van der Waals surface area contributed by atoms with Crippen molar-refractivity contribution in [2.45, 2.75) is 0 Å². The molecule has 0 unspecified atom stereocenters. The van der Waals surface area contributed by atoms with E-state index in [1.165, 1.54) is 36.7 Å². The Morgan fingerprint density at radius 2 is 0.969 bits per heavy atom. The van der Waals surface area contributed by atoms with Crippen LogP contribution in [0, 0.1) is 0 Å². The van der Waals surface area contributed by atoms with Crippen LogP contribution in [0.25, 0.3) is 0 Å². The van der Waals surface area contributed by atoms with Gasteiger partial charge in [-0.3, -0.25) is 9.59 Å². The molecule has 0 aliphatic rings. The molecule has 0 saturated heterocycles. The number of aromatic hydroxyl groups is 4. The highest BCUT2D eigenvalue weighted by Crippen LogP contribution is 2.25. The zero-order valence-corrected chi connectivity index (χ0v) is 16.4. The normalized spacial score (nSPS) is 11.0. The number of amides is 2. The van der Waals surface area contributed by atoms with E-state index < -0.39 is 23.3 Å². The molecule has 0 saturated carbocycles. The number of rotatable bonds is 6. The van der Waals surface area contributed by atoms with Gasteiger partial charge in [0, 0.05) is 11.1 Å². The first-order valence-corrected chi connectivity index (χ1v) is 9.14. The van der Waals surface area contributed by atoms with Gasteiger partial charge in [0.1, 0.15) is 0 Å². The SMILES string of the molecule is O=C(N/N=C\c1ccc(/C=N/NC(=O)c2ccc(O)c(O)c2)cc1)c1ccc(O)c(O)c1. The number of benzene rings is 3. The number of phenols is 4. The van der Waals surface area contributed by atoms with Crippen LogP contribution in [-0.2, 0) is 0 Å². The number of hydrogen-bond donors (Lipinski definition) is 6. The first-order chi connectivity index (χ1) is 15.3. The summed E-state index contributed by atoms with van der Waals surface area (Å²) in [5.74, 6) is -2.58. The number of carbonyl (C=O) groups is 2. The van der Waals surface area contributed by atoms with Crippen LogP contribution < -0.4 is 10.9 Å². The third kappa shape index (κ3) is 5.60. The van der Waals surface area contributed by atoms with Crippen LogP contribution in [0.4, 0.5) is 0 Å². The van der Waals surface area contributed by atoms with Crippen LogP contribution in [0.5, 0.6) is 23.0 Å². The van der Waals surface area contributed by atoms with Crippen molar-refractivity contribution in [2.24, 2.45) is 10.2 Å². The van der Waals surface area contributed by atoms with Crippen LogP contribution in [0.3, 0.4) is 0 Å². The zero-order valence-electron chi connectivity index (χ0n) is 16.4. The molecule has 10 heteroatoms. The van der Waals surface area contributed by atoms with Crippen LogP contribution >= 0.6 is 0 Å². The number of carbonyl (C=O) groups excluding carboxylic acids is 2. The van der Waals surface area contributed by atoms with Crippen molar-refractivity contribution >= 4 is 24.2 Å². The molecule has 32 heavy (non-hydrogen) atoms. The molecular formula is C22H18N4O6. The Morgan fingerprint density at radius 1 is 0.594 bits per heavy atom. The van der Waals surface area contributed by atoms with Gasteiger partial charge in [-0.05, 0) is 47.5 Å². The van der Waals surface area contributed by atoms with Crippen molar-refractivity contribution in [3.63, 3.8) is 0 Å². The largest absolute Gasteiger partial charge is 0.504 e. The highest BCUT2D eigenvalue weighted by Gasteiger charge is 2.08. The molecule has 0 spiro atoms. The number of nitrogens with zero attached hydrogens (tertiary/aromatic N) is 2. The van der Waals surface area contributed by atoms with Crippen molar-refractivity contribution in [1.82, 2.24) is 10.9 Å². The van der Waals surface area contributed by atoms with Crippen molar-refractivity contribution < 1.29 is 30.0 Å². The molecule has 0 bridgehead atoms. The van der Waals surface area contributed by atoms with Gasteiger partial charge in [0.15, 0.2) is 23.0 Å². The highest BCUT2D eigenvalue weighted by molar-refractivity contribution is 5.96. The fourth-order valence-electron chi connectivity index (χ4n) is 2.46. The first kappa shape index (κ1) is 21.8. The molecule has 2 amide bonds.